The molecule has 96 valence electrons. The first-order valence-corrected chi connectivity index (χ1v) is 6.08. The molecule has 1 heterocycles. The fourth-order valence-electron chi connectivity index (χ4n) is 2.30. The molecule has 1 atom stereocenters. The van der Waals surface area contributed by atoms with Gasteiger partial charge >= 0.3 is 0 Å². The van der Waals surface area contributed by atoms with Crippen LogP contribution in [0.3, 0.4) is 0 Å². The Morgan fingerprint density at radius 2 is 2.35 bits per heavy atom. The third-order valence-electron chi connectivity index (χ3n) is 3.16. The van der Waals surface area contributed by atoms with E-state index in [2.05, 4.69) is 15.6 Å². The predicted molar refractivity (Wildman–Crippen MR) is 59.8 cm³/mol. The van der Waals surface area contributed by atoms with Crippen LogP contribution in [0, 0.1) is 5.92 Å². The number of alkyl halides is 2. The van der Waals surface area contributed by atoms with Crippen molar-refractivity contribution in [1.29, 1.82) is 0 Å². The molecule has 6 heteroatoms. The van der Waals surface area contributed by atoms with Gasteiger partial charge in [0.1, 0.15) is 0 Å². The summed E-state index contributed by atoms with van der Waals surface area (Å²) in [6.45, 7) is 2.14. The van der Waals surface area contributed by atoms with E-state index >= 15 is 0 Å². The molecule has 1 aliphatic rings. The van der Waals surface area contributed by atoms with Crippen LogP contribution >= 0.6 is 0 Å². The van der Waals surface area contributed by atoms with Crippen molar-refractivity contribution < 1.29 is 8.78 Å². The van der Waals surface area contributed by atoms with Crippen LogP contribution < -0.4 is 5.32 Å². The summed E-state index contributed by atoms with van der Waals surface area (Å²) in [5.41, 5.74) is 0. The van der Waals surface area contributed by atoms with Crippen molar-refractivity contribution in [1.82, 2.24) is 20.3 Å². The standard InChI is InChI=1S/C11H18F2N4/c12-11(13)3-1-2-10(8-11)9-14-4-6-17-7-5-15-16-17/h5,7,10,14H,1-4,6,8-9H2. The number of nitrogens with zero attached hydrogens (tertiary/aromatic N) is 3. The molecule has 1 unspecified atom stereocenters. The molecule has 1 aromatic rings. The second kappa shape index (κ2) is 5.53. The van der Waals surface area contributed by atoms with E-state index in [4.69, 9.17) is 0 Å². The largest absolute Gasteiger partial charge is 0.315 e. The van der Waals surface area contributed by atoms with Crippen molar-refractivity contribution in [2.24, 2.45) is 5.92 Å². The van der Waals surface area contributed by atoms with Gasteiger partial charge in [0.25, 0.3) is 0 Å². The van der Waals surface area contributed by atoms with Crippen LogP contribution in [-0.4, -0.2) is 34.0 Å². The molecule has 0 amide bonds. The summed E-state index contributed by atoms with van der Waals surface area (Å²) in [5, 5.41) is 10.7. The Hall–Kier alpha value is -1.04. The van der Waals surface area contributed by atoms with Gasteiger partial charge in [-0.05, 0) is 25.3 Å². The Bertz CT molecular complexity index is 326. The molecule has 0 saturated heterocycles. The Morgan fingerprint density at radius 3 is 3.06 bits per heavy atom. The number of halogens is 2. The summed E-state index contributed by atoms with van der Waals surface area (Å²) >= 11 is 0. The van der Waals surface area contributed by atoms with Crippen LogP contribution in [0.2, 0.25) is 0 Å². The molecule has 0 aliphatic heterocycles. The van der Waals surface area contributed by atoms with Gasteiger partial charge in [0.2, 0.25) is 5.92 Å². The van der Waals surface area contributed by atoms with Crippen LogP contribution in [0.15, 0.2) is 12.4 Å². The molecule has 2 rings (SSSR count). The van der Waals surface area contributed by atoms with Gasteiger partial charge in [-0.15, -0.1) is 5.10 Å². The lowest BCUT2D eigenvalue weighted by Gasteiger charge is -2.28. The Labute approximate surface area is 99.4 Å². The minimum atomic E-state index is -2.45. The van der Waals surface area contributed by atoms with Gasteiger partial charge in [0.15, 0.2) is 0 Å². The lowest BCUT2D eigenvalue weighted by molar-refractivity contribution is -0.0519. The van der Waals surface area contributed by atoms with Gasteiger partial charge in [0.05, 0.1) is 12.7 Å². The van der Waals surface area contributed by atoms with Crippen LogP contribution in [-0.2, 0) is 6.54 Å². The highest BCUT2D eigenvalue weighted by Crippen LogP contribution is 2.36. The number of nitrogens with one attached hydrogen (secondary N) is 1. The summed E-state index contributed by atoms with van der Waals surface area (Å²) in [4.78, 5) is 0. The van der Waals surface area contributed by atoms with Crippen LogP contribution in [0.25, 0.3) is 0 Å². The summed E-state index contributed by atoms with van der Waals surface area (Å²) in [6, 6.07) is 0. The highest BCUT2D eigenvalue weighted by atomic mass is 19.3. The molecule has 0 aromatic carbocycles. The first-order valence-electron chi connectivity index (χ1n) is 6.08. The van der Waals surface area contributed by atoms with Crippen molar-refractivity contribution in [3.8, 4) is 0 Å². The summed E-state index contributed by atoms with van der Waals surface area (Å²) < 4.78 is 28.0. The maximum Gasteiger partial charge on any atom is 0.248 e. The zero-order valence-electron chi connectivity index (χ0n) is 9.78. The summed E-state index contributed by atoms with van der Waals surface area (Å²) in [7, 11) is 0. The highest BCUT2D eigenvalue weighted by Gasteiger charge is 2.35. The minimum absolute atomic E-state index is 0.0311. The Balaban J connectivity index is 1.62. The molecule has 1 aliphatic carbocycles. The minimum Gasteiger partial charge on any atom is -0.315 e. The third-order valence-corrected chi connectivity index (χ3v) is 3.16. The molecule has 1 N–H and O–H groups in total. The summed E-state index contributed by atoms with van der Waals surface area (Å²) in [6.07, 6.45) is 5.05. The van der Waals surface area contributed by atoms with Crippen molar-refractivity contribution in [2.75, 3.05) is 13.1 Å². The molecule has 17 heavy (non-hydrogen) atoms. The van der Waals surface area contributed by atoms with E-state index in [0.717, 1.165) is 19.5 Å². The van der Waals surface area contributed by atoms with E-state index in [9.17, 15) is 8.78 Å². The smallest absolute Gasteiger partial charge is 0.248 e. The van der Waals surface area contributed by atoms with Gasteiger partial charge in [-0.25, -0.2) is 8.78 Å². The van der Waals surface area contributed by atoms with Gasteiger partial charge in [-0.3, -0.25) is 4.68 Å². The van der Waals surface area contributed by atoms with E-state index in [1.807, 2.05) is 0 Å². The fraction of sp³-hybridized carbons (Fsp3) is 0.818. The molecule has 0 bridgehead atoms. The Morgan fingerprint density at radius 1 is 1.47 bits per heavy atom. The zero-order valence-corrected chi connectivity index (χ0v) is 9.78. The lowest BCUT2D eigenvalue weighted by atomic mass is 9.86. The zero-order chi connectivity index (χ0) is 12.1. The normalized spacial score (nSPS) is 23.8. The average molecular weight is 244 g/mol. The quantitative estimate of drug-likeness (QED) is 0.802. The van der Waals surface area contributed by atoms with Crippen molar-refractivity contribution in [2.45, 2.75) is 38.2 Å². The molecular weight excluding hydrogens is 226 g/mol. The van der Waals surface area contributed by atoms with E-state index in [-0.39, 0.29) is 18.8 Å². The van der Waals surface area contributed by atoms with E-state index < -0.39 is 5.92 Å². The topological polar surface area (TPSA) is 42.7 Å². The molecule has 1 fully saturated rings. The van der Waals surface area contributed by atoms with Gasteiger partial charge < -0.3 is 5.32 Å². The first kappa shape index (κ1) is 12.4. The Kier molecular flexibility index (Phi) is 4.04. The lowest BCUT2D eigenvalue weighted by Crippen LogP contribution is -2.33. The summed E-state index contributed by atoms with van der Waals surface area (Å²) in [5.74, 6) is -2.34. The predicted octanol–water partition coefficient (Wildman–Crippen LogP) is 1.69. The number of rotatable bonds is 5. The molecular formula is C11H18F2N4. The molecule has 1 aromatic heterocycles. The van der Waals surface area contributed by atoms with Gasteiger partial charge in [-0.1, -0.05) is 5.21 Å². The van der Waals surface area contributed by atoms with Gasteiger partial charge in [-0.2, -0.15) is 0 Å². The average Bonchev–Trinajstić information content (AvgIpc) is 2.76. The van der Waals surface area contributed by atoms with E-state index in [1.165, 1.54) is 0 Å². The van der Waals surface area contributed by atoms with E-state index in [1.54, 1.807) is 17.1 Å². The van der Waals surface area contributed by atoms with Crippen LogP contribution in [0.1, 0.15) is 25.7 Å². The SMILES string of the molecule is FC1(F)CCCC(CNCCn2ccnn2)C1. The maximum absolute atomic E-state index is 13.1. The van der Waals surface area contributed by atoms with Crippen molar-refractivity contribution in [3.63, 3.8) is 0 Å². The van der Waals surface area contributed by atoms with Crippen molar-refractivity contribution in [3.05, 3.63) is 12.4 Å². The number of hydrogen-bond donors (Lipinski definition) is 1. The first-order chi connectivity index (χ1) is 8.16. The van der Waals surface area contributed by atoms with Gasteiger partial charge in [0, 0.05) is 25.6 Å². The van der Waals surface area contributed by atoms with Crippen LogP contribution in [0.5, 0.6) is 0 Å². The van der Waals surface area contributed by atoms with Crippen LogP contribution in [0.4, 0.5) is 8.78 Å². The third kappa shape index (κ3) is 4.03. The molecule has 0 spiro atoms. The number of hydrogen-bond acceptors (Lipinski definition) is 3. The van der Waals surface area contributed by atoms with Crippen molar-refractivity contribution >= 4 is 0 Å². The van der Waals surface area contributed by atoms with E-state index in [0.29, 0.717) is 13.0 Å². The molecule has 1 saturated carbocycles. The highest BCUT2D eigenvalue weighted by molar-refractivity contribution is 4.79. The monoisotopic (exact) mass is 244 g/mol. The molecule has 4 nitrogen and oxygen atoms in total. The maximum atomic E-state index is 13.1. The number of aromatic nitrogens is 3. The fourth-order valence-corrected chi connectivity index (χ4v) is 2.30. The second-order valence-corrected chi connectivity index (χ2v) is 4.69. The second-order valence-electron chi connectivity index (χ2n) is 4.69. The molecule has 0 radical (unpaired) electrons.